The van der Waals surface area contributed by atoms with Crippen molar-refractivity contribution in [2.75, 3.05) is 0 Å². The summed E-state index contributed by atoms with van der Waals surface area (Å²) in [5, 5.41) is 4.89. The van der Waals surface area contributed by atoms with Crippen molar-refractivity contribution in [2.24, 2.45) is 0 Å². The lowest BCUT2D eigenvalue weighted by Gasteiger charge is -2.01. The number of aromatic amines is 1. The van der Waals surface area contributed by atoms with E-state index in [2.05, 4.69) is 10.1 Å². The summed E-state index contributed by atoms with van der Waals surface area (Å²) in [6, 6.07) is 4.47. The van der Waals surface area contributed by atoms with Crippen molar-refractivity contribution < 1.29 is 17.6 Å². The Morgan fingerprint density at radius 3 is 2.44 bits per heavy atom. The van der Waals surface area contributed by atoms with E-state index < -0.39 is 23.4 Å². The van der Waals surface area contributed by atoms with Crippen LogP contribution in [0.15, 0.2) is 24.4 Å². The summed E-state index contributed by atoms with van der Waals surface area (Å²) in [7, 11) is 0. The summed E-state index contributed by atoms with van der Waals surface area (Å²) in [5.74, 6) is -1.44. The molecule has 0 saturated carbocycles. The molecule has 0 aliphatic rings. The molecule has 84 valence electrons. The topological polar surface area (TPSA) is 41.6 Å². The molecule has 0 fully saturated rings. The minimum Gasteiger partial charge on any atom is -0.270 e. The summed E-state index contributed by atoms with van der Waals surface area (Å²) in [6.45, 7) is 0. The molecule has 0 radical (unpaired) electrons. The lowest BCUT2D eigenvalue weighted by atomic mass is 10.2. The Bertz CT molecular complexity index is 489. The number of pyridine rings is 1. The van der Waals surface area contributed by atoms with Crippen molar-refractivity contribution in [3.8, 4) is 11.4 Å². The summed E-state index contributed by atoms with van der Waals surface area (Å²) in [5.41, 5.74) is -1.88. The highest BCUT2D eigenvalue weighted by Crippen LogP contribution is 2.32. The fourth-order valence-electron chi connectivity index (χ4n) is 1.19. The number of hydrogen-bond donors (Lipinski definition) is 1. The summed E-state index contributed by atoms with van der Waals surface area (Å²) < 4.78 is 50.1. The minimum absolute atomic E-state index is 0.0479. The molecule has 0 atom stereocenters. The van der Waals surface area contributed by atoms with Crippen LogP contribution in [-0.2, 0) is 6.18 Å². The Morgan fingerprint density at radius 2 is 1.94 bits per heavy atom. The van der Waals surface area contributed by atoms with Crippen LogP contribution in [0.3, 0.4) is 0 Å². The number of aromatic nitrogens is 3. The van der Waals surface area contributed by atoms with Gasteiger partial charge in [-0.3, -0.25) is 10.1 Å². The van der Waals surface area contributed by atoms with Gasteiger partial charge < -0.3 is 0 Å². The van der Waals surface area contributed by atoms with Gasteiger partial charge in [-0.1, -0.05) is 6.07 Å². The molecule has 1 N–H and O–H groups in total. The van der Waals surface area contributed by atoms with E-state index >= 15 is 0 Å². The van der Waals surface area contributed by atoms with Gasteiger partial charge in [0.1, 0.15) is 5.69 Å². The first-order valence-electron chi connectivity index (χ1n) is 4.22. The molecule has 0 saturated heterocycles. The molecule has 2 aromatic heterocycles. The highest BCUT2D eigenvalue weighted by molar-refractivity contribution is 5.55. The van der Waals surface area contributed by atoms with Crippen LogP contribution in [0.1, 0.15) is 5.69 Å². The highest BCUT2D eigenvalue weighted by atomic mass is 19.4. The lowest BCUT2D eigenvalue weighted by Crippen LogP contribution is -2.07. The van der Waals surface area contributed by atoms with E-state index in [0.29, 0.717) is 0 Å². The van der Waals surface area contributed by atoms with Gasteiger partial charge in [-0.25, -0.2) is 4.39 Å². The quantitative estimate of drug-likeness (QED) is 0.766. The van der Waals surface area contributed by atoms with Gasteiger partial charge in [0.25, 0.3) is 0 Å². The van der Waals surface area contributed by atoms with Crippen LogP contribution < -0.4 is 0 Å². The molecule has 2 rings (SSSR count). The second-order valence-corrected chi connectivity index (χ2v) is 2.97. The average molecular weight is 231 g/mol. The van der Waals surface area contributed by atoms with Crippen molar-refractivity contribution in [3.05, 3.63) is 35.9 Å². The minimum atomic E-state index is -4.79. The molecule has 0 amide bonds. The molecule has 0 bridgehead atoms. The Morgan fingerprint density at radius 1 is 1.19 bits per heavy atom. The third kappa shape index (κ3) is 1.75. The molecule has 0 unspecified atom stereocenters. The van der Waals surface area contributed by atoms with Crippen molar-refractivity contribution in [3.63, 3.8) is 0 Å². The average Bonchev–Trinajstić information content (AvgIpc) is 2.61. The van der Waals surface area contributed by atoms with Crippen LogP contribution in [0.4, 0.5) is 17.6 Å². The third-order valence-electron chi connectivity index (χ3n) is 1.90. The number of H-pyrrole nitrogens is 1. The zero-order chi connectivity index (χ0) is 11.8. The second-order valence-electron chi connectivity index (χ2n) is 2.97. The summed E-state index contributed by atoms with van der Waals surface area (Å²) in [6.07, 6.45) is -3.44. The van der Waals surface area contributed by atoms with Gasteiger partial charge >= 0.3 is 6.18 Å². The zero-order valence-corrected chi connectivity index (χ0v) is 7.72. The third-order valence-corrected chi connectivity index (χ3v) is 1.90. The maximum absolute atomic E-state index is 13.4. The maximum Gasteiger partial charge on any atom is 0.435 e. The van der Waals surface area contributed by atoms with E-state index in [4.69, 9.17) is 0 Å². The van der Waals surface area contributed by atoms with Crippen LogP contribution >= 0.6 is 0 Å². The first kappa shape index (κ1) is 10.6. The standard InChI is InChI=1S/C9H5F4N3/c10-6-7(5-3-1-2-4-14-5)15-16-8(6)9(11,12)13/h1-4H,(H,15,16). The van der Waals surface area contributed by atoms with Crippen molar-refractivity contribution in [1.29, 1.82) is 0 Å². The normalized spacial score (nSPS) is 11.8. The number of hydrogen-bond acceptors (Lipinski definition) is 2. The molecule has 7 heteroatoms. The van der Waals surface area contributed by atoms with Gasteiger partial charge in [-0.05, 0) is 12.1 Å². The molecular formula is C9H5F4N3. The summed E-state index contributed by atoms with van der Waals surface area (Å²) in [4.78, 5) is 3.72. The van der Waals surface area contributed by atoms with E-state index in [9.17, 15) is 17.6 Å². The van der Waals surface area contributed by atoms with E-state index in [1.54, 1.807) is 11.2 Å². The van der Waals surface area contributed by atoms with Crippen LogP contribution in [0.25, 0.3) is 11.4 Å². The SMILES string of the molecule is Fc1c(-c2ccccn2)n[nH]c1C(F)(F)F. The van der Waals surface area contributed by atoms with Gasteiger partial charge in [-0.2, -0.15) is 18.3 Å². The van der Waals surface area contributed by atoms with Gasteiger partial charge in [0.2, 0.25) is 0 Å². The zero-order valence-electron chi connectivity index (χ0n) is 7.72. The maximum atomic E-state index is 13.4. The number of halogens is 4. The highest BCUT2D eigenvalue weighted by Gasteiger charge is 2.38. The molecular weight excluding hydrogens is 226 g/mol. The van der Waals surface area contributed by atoms with E-state index in [-0.39, 0.29) is 5.69 Å². The molecule has 0 aliphatic heterocycles. The van der Waals surface area contributed by atoms with Crippen LogP contribution in [-0.4, -0.2) is 15.2 Å². The molecule has 2 heterocycles. The lowest BCUT2D eigenvalue weighted by molar-refractivity contribution is -0.143. The number of alkyl halides is 3. The summed E-state index contributed by atoms with van der Waals surface area (Å²) >= 11 is 0. The van der Waals surface area contributed by atoms with E-state index in [1.165, 1.54) is 18.3 Å². The fraction of sp³-hybridized carbons (Fsp3) is 0.111. The van der Waals surface area contributed by atoms with Crippen LogP contribution in [0.5, 0.6) is 0 Å². The molecule has 0 aliphatic carbocycles. The molecule has 16 heavy (non-hydrogen) atoms. The second kappa shape index (κ2) is 3.58. The van der Waals surface area contributed by atoms with Crippen LogP contribution in [0, 0.1) is 5.82 Å². The Balaban J connectivity index is 2.50. The predicted molar refractivity (Wildman–Crippen MR) is 46.8 cm³/mol. The van der Waals surface area contributed by atoms with Gasteiger partial charge in [0.15, 0.2) is 11.5 Å². The van der Waals surface area contributed by atoms with Crippen molar-refractivity contribution in [2.45, 2.75) is 6.18 Å². The number of nitrogens with one attached hydrogen (secondary N) is 1. The first-order valence-corrected chi connectivity index (χ1v) is 4.22. The van der Waals surface area contributed by atoms with Gasteiger partial charge in [-0.15, -0.1) is 0 Å². The Kier molecular flexibility index (Phi) is 2.37. The largest absolute Gasteiger partial charge is 0.435 e. The first-order chi connectivity index (χ1) is 7.50. The molecule has 2 aromatic rings. The predicted octanol–water partition coefficient (Wildman–Crippen LogP) is 2.63. The van der Waals surface area contributed by atoms with E-state index in [1.807, 2.05) is 0 Å². The van der Waals surface area contributed by atoms with Gasteiger partial charge in [0, 0.05) is 6.20 Å². The van der Waals surface area contributed by atoms with E-state index in [0.717, 1.165) is 0 Å². The monoisotopic (exact) mass is 231 g/mol. The molecule has 0 aromatic carbocycles. The number of nitrogens with zero attached hydrogens (tertiary/aromatic N) is 2. The molecule has 3 nitrogen and oxygen atoms in total. The van der Waals surface area contributed by atoms with Crippen LogP contribution in [0.2, 0.25) is 0 Å². The number of rotatable bonds is 1. The van der Waals surface area contributed by atoms with Crippen molar-refractivity contribution >= 4 is 0 Å². The fourth-order valence-corrected chi connectivity index (χ4v) is 1.19. The smallest absolute Gasteiger partial charge is 0.270 e. The Hall–Kier alpha value is -1.92. The van der Waals surface area contributed by atoms with Gasteiger partial charge in [0.05, 0.1) is 5.69 Å². The van der Waals surface area contributed by atoms with Crippen molar-refractivity contribution in [1.82, 2.24) is 15.2 Å². The molecule has 0 spiro atoms. The Labute approximate surface area is 87.1 Å².